The average Bonchev–Trinajstić information content (AvgIpc) is 2.50. The van der Waals surface area contributed by atoms with Crippen LogP contribution in [0.4, 0.5) is 11.4 Å². The SMILES string of the molecule is CNc1ccccc1C(=O)Nc1cc(C)c(Cl)cc1OC. The number of ether oxygens (including phenoxy) is 1. The molecule has 0 heterocycles. The van der Waals surface area contributed by atoms with Crippen LogP contribution in [0.1, 0.15) is 15.9 Å². The van der Waals surface area contributed by atoms with Gasteiger partial charge >= 0.3 is 0 Å². The Labute approximate surface area is 129 Å². The molecule has 0 atom stereocenters. The van der Waals surface area contributed by atoms with E-state index < -0.39 is 0 Å². The molecule has 2 rings (SSSR count). The van der Waals surface area contributed by atoms with E-state index >= 15 is 0 Å². The highest BCUT2D eigenvalue weighted by Gasteiger charge is 2.14. The monoisotopic (exact) mass is 304 g/mol. The summed E-state index contributed by atoms with van der Waals surface area (Å²) in [6, 6.07) is 10.8. The smallest absolute Gasteiger partial charge is 0.257 e. The summed E-state index contributed by atoms with van der Waals surface area (Å²) in [5.41, 5.74) is 2.79. The summed E-state index contributed by atoms with van der Waals surface area (Å²) in [4.78, 5) is 12.4. The lowest BCUT2D eigenvalue weighted by molar-refractivity contribution is 0.102. The zero-order valence-electron chi connectivity index (χ0n) is 12.2. The molecule has 2 N–H and O–H groups in total. The van der Waals surface area contributed by atoms with Crippen LogP contribution in [0.3, 0.4) is 0 Å². The molecule has 0 aromatic heterocycles. The number of para-hydroxylation sites is 1. The van der Waals surface area contributed by atoms with Gasteiger partial charge in [0.15, 0.2) is 0 Å². The molecule has 0 radical (unpaired) electrons. The Hall–Kier alpha value is -2.20. The molecule has 110 valence electrons. The summed E-state index contributed by atoms with van der Waals surface area (Å²) in [7, 11) is 3.32. The average molecular weight is 305 g/mol. The molecule has 0 saturated carbocycles. The minimum Gasteiger partial charge on any atom is -0.495 e. The molecule has 1 amide bonds. The van der Waals surface area contributed by atoms with Crippen molar-refractivity contribution >= 4 is 28.9 Å². The topological polar surface area (TPSA) is 50.4 Å². The minimum atomic E-state index is -0.208. The highest BCUT2D eigenvalue weighted by atomic mass is 35.5. The van der Waals surface area contributed by atoms with Crippen LogP contribution in [0.5, 0.6) is 5.75 Å². The summed E-state index contributed by atoms with van der Waals surface area (Å²) in [5, 5.41) is 6.45. The molecule has 4 nitrogen and oxygen atoms in total. The minimum absolute atomic E-state index is 0.208. The van der Waals surface area contributed by atoms with Gasteiger partial charge in [0, 0.05) is 23.8 Å². The van der Waals surface area contributed by atoms with E-state index in [0.29, 0.717) is 22.0 Å². The second-order valence-electron chi connectivity index (χ2n) is 4.55. The zero-order chi connectivity index (χ0) is 15.4. The van der Waals surface area contributed by atoms with Gasteiger partial charge in [-0.05, 0) is 30.7 Å². The molecule has 0 aliphatic rings. The Morgan fingerprint density at radius 2 is 1.90 bits per heavy atom. The lowest BCUT2D eigenvalue weighted by Gasteiger charge is -2.13. The summed E-state index contributed by atoms with van der Waals surface area (Å²) in [5.74, 6) is 0.320. The van der Waals surface area contributed by atoms with Crippen LogP contribution in [0, 0.1) is 6.92 Å². The van der Waals surface area contributed by atoms with Crippen molar-refractivity contribution in [1.29, 1.82) is 0 Å². The van der Waals surface area contributed by atoms with Crippen molar-refractivity contribution in [2.45, 2.75) is 6.92 Å². The fourth-order valence-corrected chi connectivity index (χ4v) is 2.17. The van der Waals surface area contributed by atoms with Gasteiger partial charge in [0.2, 0.25) is 0 Å². The largest absolute Gasteiger partial charge is 0.495 e. The van der Waals surface area contributed by atoms with Crippen molar-refractivity contribution < 1.29 is 9.53 Å². The molecular weight excluding hydrogens is 288 g/mol. The number of hydrogen-bond donors (Lipinski definition) is 2. The van der Waals surface area contributed by atoms with E-state index in [-0.39, 0.29) is 5.91 Å². The van der Waals surface area contributed by atoms with Gasteiger partial charge in [-0.1, -0.05) is 23.7 Å². The number of anilines is 2. The summed E-state index contributed by atoms with van der Waals surface area (Å²) >= 11 is 6.06. The predicted molar refractivity (Wildman–Crippen MR) is 86.7 cm³/mol. The Morgan fingerprint density at radius 3 is 2.57 bits per heavy atom. The van der Waals surface area contributed by atoms with Crippen LogP contribution in [0.15, 0.2) is 36.4 Å². The number of hydrogen-bond acceptors (Lipinski definition) is 3. The van der Waals surface area contributed by atoms with Gasteiger partial charge in [-0.25, -0.2) is 0 Å². The van der Waals surface area contributed by atoms with E-state index in [2.05, 4.69) is 10.6 Å². The number of amides is 1. The maximum Gasteiger partial charge on any atom is 0.257 e. The molecule has 2 aromatic rings. The predicted octanol–water partition coefficient (Wildman–Crippen LogP) is 3.95. The third-order valence-corrected chi connectivity index (χ3v) is 3.58. The van der Waals surface area contributed by atoms with Crippen molar-refractivity contribution in [2.24, 2.45) is 0 Å². The maximum absolute atomic E-state index is 12.4. The first-order chi connectivity index (χ1) is 10.1. The van der Waals surface area contributed by atoms with Crippen molar-refractivity contribution in [1.82, 2.24) is 0 Å². The van der Waals surface area contributed by atoms with E-state index in [9.17, 15) is 4.79 Å². The van der Waals surface area contributed by atoms with Gasteiger partial charge in [0.05, 0.1) is 18.4 Å². The van der Waals surface area contributed by atoms with E-state index in [0.717, 1.165) is 11.3 Å². The standard InChI is InChI=1S/C16H17ClN2O2/c1-10-8-14(15(21-3)9-12(10)17)19-16(20)11-6-4-5-7-13(11)18-2/h4-9,18H,1-3H3,(H,19,20). The fraction of sp³-hybridized carbons (Fsp3) is 0.188. The molecular formula is C16H17ClN2O2. The Morgan fingerprint density at radius 1 is 1.19 bits per heavy atom. The fourth-order valence-electron chi connectivity index (χ4n) is 2.02. The molecule has 0 saturated heterocycles. The normalized spacial score (nSPS) is 10.1. The molecule has 0 fully saturated rings. The Balaban J connectivity index is 2.33. The first-order valence-electron chi connectivity index (χ1n) is 6.49. The maximum atomic E-state index is 12.4. The lowest BCUT2D eigenvalue weighted by Crippen LogP contribution is -2.14. The molecule has 2 aromatic carbocycles. The summed E-state index contributed by atoms with van der Waals surface area (Å²) in [6.07, 6.45) is 0. The van der Waals surface area contributed by atoms with Crippen LogP contribution in [-0.4, -0.2) is 20.1 Å². The van der Waals surface area contributed by atoms with Gasteiger partial charge in [-0.3, -0.25) is 4.79 Å². The number of methoxy groups -OCH3 is 1. The molecule has 0 bridgehead atoms. The van der Waals surface area contributed by atoms with E-state index in [4.69, 9.17) is 16.3 Å². The quantitative estimate of drug-likeness (QED) is 0.899. The third-order valence-electron chi connectivity index (χ3n) is 3.17. The van der Waals surface area contributed by atoms with Gasteiger partial charge in [0.25, 0.3) is 5.91 Å². The van der Waals surface area contributed by atoms with Crippen molar-refractivity contribution in [2.75, 3.05) is 24.8 Å². The highest BCUT2D eigenvalue weighted by Crippen LogP contribution is 2.31. The van der Waals surface area contributed by atoms with Crippen LogP contribution in [0.2, 0.25) is 5.02 Å². The van der Waals surface area contributed by atoms with E-state index in [1.165, 1.54) is 7.11 Å². The molecule has 0 spiro atoms. The summed E-state index contributed by atoms with van der Waals surface area (Å²) in [6.45, 7) is 1.87. The van der Waals surface area contributed by atoms with Crippen LogP contribution in [-0.2, 0) is 0 Å². The molecule has 0 aliphatic heterocycles. The Kier molecular flexibility index (Phi) is 4.70. The van der Waals surface area contributed by atoms with Gasteiger partial charge in [-0.2, -0.15) is 0 Å². The number of nitrogens with one attached hydrogen (secondary N) is 2. The first kappa shape index (κ1) is 15.2. The number of carbonyl (C=O) groups excluding carboxylic acids is 1. The molecule has 5 heteroatoms. The number of carbonyl (C=O) groups is 1. The lowest BCUT2D eigenvalue weighted by atomic mass is 10.1. The van der Waals surface area contributed by atoms with Crippen LogP contribution < -0.4 is 15.4 Å². The molecule has 0 aliphatic carbocycles. The van der Waals surface area contributed by atoms with E-state index in [1.54, 1.807) is 25.2 Å². The number of rotatable bonds is 4. The summed E-state index contributed by atoms with van der Waals surface area (Å²) < 4.78 is 5.26. The van der Waals surface area contributed by atoms with Crippen molar-refractivity contribution in [3.05, 3.63) is 52.5 Å². The second kappa shape index (κ2) is 6.50. The number of aryl methyl sites for hydroxylation is 1. The number of halogens is 1. The van der Waals surface area contributed by atoms with Gasteiger partial charge in [0.1, 0.15) is 5.75 Å². The third kappa shape index (κ3) is 3.28. The van der Waals surface area contributed by atoms with E-state index in [1.807, 2.05) is 25.1 Å². The van der Waals surface area contributed by atoms with Crippen LogP contribution >= 0.6 is 11.6 Å². The van der Waals surface area contributed by atoms with Crippen LogP contribution in [0.25, 0.3) is 0 Å². The highest BCUT2D eigenvalue weighted by molar-refractivity contribution is 6.31. The van der Waals surface area contributed by atoms with Crippen molar-refractivity contribution in [3.63, 3.8) is 0 Å². The van der Waals surface area contributed by atoms with Crippen molar-refractivity contribution in [3.8, 4) is 5.75 Å². The first-order valence-corrected chi connectivity index (χ1v) is 6.87. The second-order valence-corrected chi connectivity index (χ2v) is 4.96. The van der Waals surface area contributed by atoms with Gasteiger partial charge < -0.3 is 15.4 Å². The zero-order valence-corrected chi connectivity index (χ0v) is 12.9. The molecule has 21 heavy (non-hydrogen) atoms. The number of benzene rings is 2. The van der Waals surface area contributed by atoms with Gasteiger partial charge in [-0.15, -0.1) is 0 Å². The Bertz CT molecular complexity index is 671. The molecule has 0 unspecified atom stereocenters.